The maximum Gasteiger partial charge on any atom is 0.243 e. The Kier molecular flexibility index (Phi) is 7.27. The first kappa shape index (κ1) is 21.0. The summed E-state index contributed by atoms with van der Waals surface area (Å²) in [5.74, 6) is 0.807. The van der Waals surface area contributed by atoms with Gasteiger partial charge in [0.15, 0.2) is 0 Å². The number of sulfonamides is 1. The van der Waals surface area contributed by atoms with Gasteiger partial charge in [0.25, 0.3) is 0 Å². The van der Waals surface area contributed by atoms with E-state index in [1.165, 1.54) is 12.8 Å². The van der Waals surface area contributed by atoms with Gasteiger partial charge >= 0.3 is 0 Å². The molecule has 0 aromatic heterocycles. The Hall–Kier alpha value is -1.69. The van der Waals surface area contributed by atoms with Gasteiger partial charge in [-0.15, -0.1) is 0 Å². The second kappa shape index (κ2) is 9.68. The molecule has 0 saturated carbocycles. The molecule has 0 aliphatic carbocycles. The summed E-state index contributed by atoms with van der Waals surface area (Å²) in [5, 5.41) is 0. The van der Waals surface area contributed by atoms with Crippen molar-refractivity contribution in [3.05, 3.63) is 66.2 Å². The van der Waals surface area contributed by atoms with E-state index >= 15 is 0 Å². The molecule has 152 valence electrons. The minimum atomic E-state index is -3.55. The molecule has 0 N–H and O–H groups in total. The Balaban J connectivity index is 1.75. The zero-order chi connectivity index (χ0) is 20.0. The van der Waals surface area contributed by atoms with Crippen molar-refractivity contribution >= 4 is 10.0 Å². The Morgan fingerprint density at radius 1 is 1.00 bits per heavy atom. The van der Waals surface area contributed by atoms with Crippen molar-refractivity contribution in [2.45, 2.75) is 50.6 Å². The lowest BCUT2D eigenvalue weighted by Crippen LogP contribution is -2.41. The van der Waals surface area contributed by atoms with Gasteiger partial charge in [-0.2, -0.15) is 4.31 Å². The molecule has 28 heavy (non-hydrogen) atoms. The number of piperidine rings is 1. The van der Waals surface area contributed by atoms with Gasteiger partial charge < -0.3 is 4.90 Å². The number of rotatable bonds is 8. The number of likely N-dealkylation sites (tertiary alicyclic amines) is 1. The SMILES string of the molecule is CC1CCN(CCC(C)N(Cc2ccccc2)S(=O)(=O)c2ccccc2)CC1. The van der Waals surface area contributed by atoms with Crippen LogP contribution in [0, 0.1) is 5.92 Å². The molecular weight excluding hydrogens is 368 g/mol. The number of hydrogen-bond acceptors (Lipinski definition) is 3. The van der Waals surface area contributed by atoms with Crippen LogP contribution in [0.1, 0.15) is 38.7 Å². The van der Waals surface area contributed by atoms with Crippen molar-refractivity contribution in [2.75, 3.05) is 19.6 Å². The molecule has 3 rings (SSSR count). The van der Waals surface area contributed by atoms with Crippen LogP contribution in [-0.2, 0) is 16.6 Å². The quantitative estimate of drug-likeness (QED) is 0.660. The first-order chi connectivity index (χ1) is 13.5. The molecule has 1 aliphatic rings. The topological polar surface area (TPSA) is 40.6 Å². The third-order valence-electron chi connectivity index (χ3n) is 5.76. The van der Waals surface area contributed by atoms with Crippen molar-refractivity contribution in [3.63, 3.8) is 0 Å². The average Bonchev–Trinajstić information content (AvgIpc) is 2.72. The zero-order valence-electron chi connectivity index (χ0n) is 17.0. The normalized spacial score (nSPS) is 17.7. The summed E-state index contributed by atoms with van der Waals surface area (Å²) in [6.07, 6.45) is 3.32. The maximum atomic E-state index is 13.4. The minimum Gasteiger partial charge on any atom is -0.303 e. The van der Waals surface area contributed by atoms with E-state index < -0.39 is 10.0 Å². The summed E-state index contributed by atoms with van der Waals surface area (Å²) in [5.41, 5.74) is 1.01. The summed E-state index contributed by atoms with van der Waals surface area (Å²) in [6.45, 7) is 7.94. The molecule has 1 unspecified atom stereocenters. The highest BCUT2D eigenvalue weighted by Crippen LogP contribution is 2.23. The van der Waals surface area contributed by atoms with Crippen LogP contribution < -0.4 is 0 Å². The fourth-order valence-corrected chi connectivity index (χ4v) is 5.44. The van der Waals surface area contributed by atoms with Gasteiger partial charge in [-0.05, 0) is 69.4 Å². The van der Waals surface area contributed by atoms with E-state index in [2.05, 4.69) is 11.8 Å². The second-order valence-electron chi connectivity index (χ2n) is 8.01. The lowest BCUT2D eigenvalue weighted by molar-refractivity contribution is 0.175. The molecule has 0 amide bonds. The summed E-state index contributed by atoms with van der Waals surface area (Å²) in [7, 11) is -3.55. The Bertz CT molecular complexity index is 816. The molecule has 2 aromatic carbocycles. The van der Waals surface area contributed by atoms with E-state index in [0.717, 1.165) is 37.5 Å². The zero-order valence-corrected chi connectivity index (χ0v) is 17.8. The van der Waals surface area contributed by atoms with Crippen molar-refractivity contribution in [1.82, 2.24) is 9.21 Å². The molecule has 1 fully saturated rings. The Morgan fingerprint density at radius 3 is 2.18 bits per heavy atom. The summed E-state index contributed by atoms with van der Waals surface area (Å²) < 4.78 is 28.4. The monoisotopic (exact) mass is 400 g/mol. The lowest BCUT2D eigenvalue weighted by atomic mass is 9.99. The molecule has 5 heteroatoms. The molecule has 0 bridgehead atoms. The molecule has 4 nitrogen and oxygen atoms in total. The van der Waals surface area contributed by atoms with E-state index in [-0.39, 0.29) is 6.04 Å². The van der Waals surface area contributed by atoms with Crippen LogP contribution in [0.4, 0.5) is 0 Å². The van der Waals surface area contributed by atoms with Gasteiger partial charge in [0.1, 0.15) is 0 Å². The predicted molar refractivity (Wildman–Crippen MR) is 115 cm³/mol. The molecule has 1 saturated heterocycles. The average molecular weight is 401 g/mol. The van der Waals surface area contributed by atoms with Gasteiger partial charge in [0, 0.05) is 12.6 Å². The van der Waals surface area contributed by atoms with Gasteiger partial charge in [-0.3, -0.25) is 0 Å². The van der Waals surface area contributed by atoms with Crippen LogP contribution in [-0.4, -0.2) is 43.3 Å². The highest BCUT2D eigenvalue weighted by atomic mass is 32.2. The molecule has 1 heterocycles. The van der Waals surface area contributed by atoms with E-state index in [4.69, 9.17) is 0 Å². The van der Waals surface area contributed by atoms with Crippen molar-refractivity contribution < 1.29 is 8.42 Å². The van der Waals surface area contributed by atoms with Gasteiger partial charge in [-0.1, -0.05) is 55.5 Å². The van der Waals surface area contributed by atoms with E-state index in [0.29, 0.717) is 11.4 Å². The smallest absolute Gasteiger partial charge is 0.243 e. The largest absolute Gasteiger partial charge is 0.303 e. The fraction of sp³-hybridized carbons (Fsp3) is 0.478. The summed E-state index contributed by atoms with van der Waals surface area (Å²) >= 11 is 0. The van der Waals surface area contributed by atoms with Gasteiger partial charge in [-0.25, -0.2) is 8.42 Å². The summed E-state index contributed by atoms with van der Waals surface area (Å²) in [4.78, 5) is 2.84. The molecule has 1 aliphatic heterocycles. The molecular formula is C23H32N2O2S. The first-order valence-electron chi connectivity index (χ1n) is 10.3. The Morgan fingerprint density at radius 2 is 1.57 bits per heavy atom. The van der Waals surface area contributed by atoms with E-state index in [9.17, 15) is 8.42 Å². The van der Waals surface area contributed by atoms with Crippen LogP contribution in [0.3, 0.4) is 0 Å². The summed E-state index contributed by atoms with van der Waals surface area (Å²) in [6, 6.07) is 18.6. The Labute approximate surface area is 170 Å². The number of benzene rings is 2. The maximum absolute atomic E-state index is 13.4. The van der Waals surface area contributed by atoms with Crippen LogP contribution >= 0.6 is 0 Å². The molecule has 0 spiro atoms. The second-order valence-corrected chi connectivity index (χ2v) is 9.90. The van der Waals surface area contributed by atoms with Crippen LogP contribution in [0.15, 0.2) is 65.6 Å². The highest BCUT2D eigenvalue weighted by Gasteiger charge is 2.29. The predicted octanol–water partition coefficient (Wildman–Crippen LogP) is 4.39. The van der Waals surface area contributed by atoms with Crippen LogP contribution in [0.5, 0.6) is 0 Å². The van der Waals surface area contributed by atoms with E-state index in [1.54, 1.807) is 28.6 Å². The standard InChI is InChI=1S/C23H32N2O2S/c1-20-13-16-24(17-14-20)18-15-21(2)25(19-22-9-5-3-6-10-22)28(26,27)23-11-7-4-8-12-23/h3-12,20-21H,13-19H2,1-2H3. The first-order valence-corrected chi connectivity index (χ1v) is 11.7. The van der Waals surface area contributed by atoms with Crippen molar-refractivity contribution in [3.8, 4) is 0 Å². The number of nitrogens with zero attached hydrogens (tertiary/aromatic N) is 2. The lowest BCUT2D eigenvalue weighted by Gasteiger charge is -2.33. The van der Waals surface area contributed by atoms with Crippen LogP contribution in [0.2, 0.25) is 0 Å². The van der Waals surface area contributed by atoms with Crippen molar-refractivity contribution in [1.29, 1.82) is 0 Å². The number of hydrogen-bond donors (Lipinski definition) is 0. The van der Waals surface area contributed by atoms with Crippen LogP contribution in [0.25, 0.3) is 0 Å². The molecule has 1 atom stereocenters. The van der Waals surface area contributed by atoms with Gasteiger partial charge in [0.2, 0.25) is 10.0 Å². The minimum absolute atomic E-state index is 0.0650. The third-order valence-corrected chi connectivity index (χ3v) is 7.74. The molecule has 0 radical (unpaired) electrons. The third kappa shape index (κ3) is 5.43. The molecule has 2 aromatic rings. The fourth-order valence-electron chi connectivity index (χ4n) is 3.77. The van der Waals surface area contributed by atoms with E-state index in [1.807, 2.05) is 43.3 Å². The van der Waals surface area contributed by atoms with Crippen molar-refractivity contribution in [2.24, 2.45) is 5.92 Å². The van der Waals surface area contributed by atoms with Gasteiger partial charge in [0.05, 0.1) is 4.90 Å². The highest BCUT2D eigenvalue weighted by molar-refractivity contribution is 7.89.